The summed E-state index contributed by atoms with van der Waals surface area (Å²) < 4.78 is 4.92. The number of halogens is 1. The van der Waals surface area contributed by atoms with Gasteiger partial charge in [0, 0.05) is 16.4 Å². The van der Waals surface area contributed by atoms with Crippen molar-refractivity contribution in [2.45, 2.75) is 6.92 Å². The van der Waals surface area contributed by atoms with Crippen LogP contribution in [0.5, 0.6) is 0 Å². The lowest BCUT2D eigenvalue weighted by Crippen LogP contribution is -2.14. The fourth-order valence-electron chi connectivity index (χ4n) is 2.29. The van der Waals surface area contributed by atoms with Crippen molar-refractivity contribution < 1.29 is 14.3 Å². The number of anilines is 3. The average Bonchev–Trinajstić information content (AvgIpc) is 2.71. The number of nitrogens with zero attached hydrogens (tertiary/aromatic N) is 2. The highest BCUT2D eigenvalue weighted by molar-refractivity contribution is 6.30. The van der Waals surface area contributed by atoms with Gasteiger partial charge in [0.15, 0.2) is 0 Å². The van der Waals surface area contributed by atoms with E-state index < -0.39 is 11.9 Å². The summed E-state index contributed by atoms with van der Waals surface area (Å²) in [4.78, 5) is 32.3. The molecule has 28 heavy (non-hydrogen) atoms. The van der Waals surface area contributed by atoms with Crippen molar-refractivity contribution in [3.63, 3.8) is 0 Å². The molecule has 0 saturated heterocycles. The molecule has 0 atom stereocenters. The van der Waals surface area contributed by atoms with E-state index in [1.54, 1.807) is 43.3 Å². The molecule has 0 radical (unpaired) electrons. The predicted molar refractivity (Wildman–Crippen MR) is 107 cm³/mol. The first-order chi connectivity index (χ1) is 13.5. The molecular formula is C20H17ClN4O3. The maximum absolute atomic E-state index is 12.3. The zero-order valence-corrected chi connectivity index (χ0v) is 15.7. The van der Waals surface area contributed by atoms with Crippen LogP contribution in [0.2, 0.25) is 5.02 Å². The summed E-state index contributed by atoms with van der Waals surface area (Å²) >= 11 is 5.85. The highest BCUT2D eigenvalue weighted by atomic mass is 35.5. The average molecular weight is 397 g/mol. The van der Waals surface area contributed by atoms with E-state index in [9.17, 15) is 9.59 Å². The summed E-state index contributed by atoms with van der Waals surface area (Å²) in [5.74, 6) is -0.317. The SMILES string of the molecule is CCOC(=O)c1ccc(NC(=O)c2cnc(Nc3ccc(Cl)cc3)cn2)cc1. The molecule has 3 rings (SSSR count). The van der Waals surface area contributed by atoms with Gasteiger partial charge in [0.25, 0.3) is 5.91 Å². The monoisotopic (exact) mass is 396 g/mol. The van der Waals surface area contributed by atoms with Crippen LogP contribution in [0.4, 0.5) is 17.2 Å². The van der Waals surface area contributed by atoms with Gasteiger partial charge in [0.2, 0.25) is 0 Å². The highest BCUT2D eigenvalue weighted by Crippen LogP contribution is 2.17. The van der Waals surface area contributed by atoms with Crippen LogP contribution in [-0.4, -0.2) is 28.5 Å². The standard InChI is InChI=1S/C20H17ClN4O3/c1-2-28-20(27)13-3-7-16(8-4-13)25-19(26)17-11-23-18(12-22-17)24-15-9-5-14(21)6-10-15/h3-12H,2H2,1H3,(H,23,24)(H,25,26). The van der Waals surface area contributed by atoms with Gasteiger partial charge in [0.05, 0.1) is 24.6 Å². The summed E-state index contributed by atoms with van der Waals surface area (Å²) in [5, 5.41) is 6.41. The van der Waals surface area contributed by atoms with Gasteiger partial charge in [-0.1, -0.05) is 11.6 Å². The molecule has 2 aromatic carbocycles. The number of rotatable bonds is 6. The lowest BCUT2D eigenvalue weighted by Gasteiger charge is -2.08. The smallest absolute Gasteiger partial charge is 0.338 e. The molecule has 1 amide bonds. The van der Waals surface area contributed by atoms with Crippen molar-refractivity contribution in [2.24, 2.45) is 0 Å². The Bertz CT molecular complexity index is 958. The number of carbonyl (C=O) groups is 2. The summed E-state index contributed by atoms with van der Waals surface area (Å²) in [7, 11) is 0. The highest BCUT2D eigenvalue weighted by Gasteiger charge is 2.10. The van der Waals surface area contributed by atoms with Crippen molar-refractivity contribution >= 4 is 40.7 Å². The number of nitrogens with one attached hydrogen (secondary N) is 2. The Hall–Kier alpha value is -3.45. The van der Waals surface area contributed by atoms with Crippen molar-refractivity contribution in [3.8, 4) is 0 Å². The van der Waals surface area contributed by atoms with E-state index in [-0.39, 0.29) is 5.69 Å². The Morgan fingerprint density at radius 2 is 1.64 bits per heavy atom. The van der Waals surface area contributed by atoms with Crippen LogP contribution in [0.3, 0.4) is 0 Å². The first kappa shape index (κ1) is 19.3. The van der Waals surface area contributed by atoms with Crippen LogP contribution < -0.4 is 10.6 Å². The largest absolute Gasteiger partial charge is 0.462 e. The van der Waals surface area contributed by atoms with Gasteiger partial charge < -0.3 is 15.4 Å². The maximum Gasteiger partial charge on any atom is 0.338 e. The lowest BCUT2D eigenvalue weighted by atomic mass is 10.2. The molecule has 3 aromatic rings. The van der Waals surface area contributed by atoms with E-state index in [4.69, 9.17) is 16.3 Å². The third-order valence-corrected chi connectivity index (χ3v) is 3.91. The minimum absolute atomic E-state index is 0.163. The van der Waals surface area contributed by atoms with E-state index in [0.717, 1.165) is 5.69 Å². The molecule has 1 aromatic heterocycles. The first-order valence-corrected chi connectivity index (χ1v) is 8.86. The number of ether oxygens (including phenoxy) is 1. The van der Waals surface area contributed by atoms with Gasteiger partial charge in [0.1, 0.15) is 11.5 Å². The molecule has 2 N–H and O–H groups in total. The Labute approximate surface area is 166 Å². The van der Waals surface area contributed by atoms with Gasteiger partial charge in [-0.15, -0.1) is 0 Å². The van der Waals surface area contributed by atoms with E-state index in [1.807, 2.05) is 12.1 Å². The molecule has 0 unspecified atom stereocenters. The third kappa shape index (κ3) is 5.05. The molecule has 0 aliphatic heterocycles. The topological polar surface area (TPSA) is 93.2 Å². The predicted octanol–water partition coefficient (Wildman–Crippen LogP) is 4.30. The fraction of sp³-hybridized carbons (Fsp3) is 0.100. The molecule has 0 bridgehead atoms. The van der Waals surface area contributed by atoms with Gasteiger partial charge in [-0.3, -0.25) is 4.79 Å². The molecule has 0 saturated carbocycles. The third-order valence-electron chi connectivity index (χ3n) is 3.66. The van der Waals surface area contributed by atoms with Crippen LogP contribution in [0.15, 0.2) is 60.9 Å². The van der Waals surface area contributed by atoms with Gasteiger partial charge >= 0.3 is 5.97 Å². The second kappa shape index (κ2) is 8.96. The lowest BCUT2D eigenvalue weighted by molar-refractivity contribution is 0.0526. The maximum atomic E-state index is 12.3. The van der Waals surface area contributed by atoms with Crippen LogP contribution in [0.25, 0.3) is 0 Å². The molecule has 8 heteroatoms. The number of aromatic nitrogens is 2. The minimum atomic E-state index is -0.408. The number of hydrogen-bond acceptors (Lipinski definition) is 6. The van der Waals surface area contributed by atoms with Crippen LogP contribution in [0, 0.1) is 0 Å². The van der Waals surface area contributed by atoms with Crippen molar-refractivity contribution in [1.29, 1.82) is 0 Å². The molecule has 7 nitrogen and oxygen atoms in total. The molecule has 0 fully saturated rings. The summed E-state index contributed by atoms with van der Waals surface area (Å²) in [6.07, 6.45) is 2.84. The molecule has 1 heterocycles. The van der Waals surface area contributed by atoms with E-state index in [0.29, 0.717) is 28.7 Å². The fourth-order valence-corrected chi connectivity index (χ4v) is 2.42. The number of carbonyl (C=O) groups excluding carboxylic acids is 2. The van der Waals surface area contributed by atoms with Crippen LogP contribution in [-0.2, 0) is 4.74 Å². The minimum Gasteiger partial charge on any atom is -0.462 e. The Morgan fingerprint density at radius 1 is 0.964 bits per heavy atom. The van der Waals surface area contributed by atoms with Gasteiger partial charge in [-0.2, -0.15) is 0 Å². The van der Waals surface area contributed by atoms with Gasteiger partial charge in [-0.25, -0.2) is 14.8 Å². The Morgan fingerprint density at radius 3 is 2.25 bits per heavy atom. The molecule has 142 valence electrons. The van der Waals surface area contributed by atoms with Crippen molar-refractivity contribution in [1.82, 2.24) is 9.97 Å². The Balaban J connectivity index is 1.61. The van der Waals surface area contributed by atoms with E-state index in [1.165, 1.54) is 12.4 Å². The van der Waals surface area contributed by atoms with E-state index >= 15 is 0 Å². The second-order valence-corrected chi connectivity index (χ2v) is 6.11. The van der Waals surface area contributed by atoms with Crippen LogP contribution >= 0.6 is 11.6 Å². The summed E-state index contributed by atoms with van der Waals surface area (Å²) in [6, 6.07) is 13.5. The molecular weight excluding hydrogens is 380 g/mol. The molecule has 0 aliphatic rings. The zero-order chi connectivity index (χ0) is 19.9. The van der Waals surface area contributed by atoms with Crippen LogP contribution in [0.1, 0.15) is 27.8 Å². The number of amides is 1. The molecule has 0 aliphatic carbocycles. The van der Waals surface area contributed by atoms with Gasteiger partial charge in [-0.05, 0) is 55.5 Å². The summed E-state index contributed by atoms with van der Waals surface area (Å²) in [5.41, 5.74) is 1.91. The number of esters is 1. The first-order valence-electron chi connectivity index (χ1n) is 8.48. The van der Waals surface area contributed by atoms with Crippen molar-refractivity contribution in [3.05, 3.63) is 77.2 Å². The quantitative estimate of drug-likeness (QED) is 0.603. The zero-order valence-electron chi connectivity index (χ0n) is 15.0. The number of hydrogen-bond donors (Lipinski definition) is 2. The second-order valence-electron chi connectivity index (χ2n) is 5.67. The summed E-state index contributed by atoms with van der Waals surface area (Å²) in [6.45, 7) is 2.04. The van der Waals surface area contributed by atoms with E-state index in [2.05, 4.69) is 20.6 Å². The number of benzene rings is 2. The normalized spacial score (nSPS) is 10.2. The molecule has 0 spiro atoms. The Kier molecular flexibility index (Phi) is 6.18. The van der Waals surface area contributed by atoms with Crippen molar-refractivity contribution in [2.75, 3.05) is 17.2 Å².